The van der Waals surface area contributed by atoms with Gasteiger partial charge in [-0.1, -0.05) is 25.5 Å². The number of hydrogen-bond acceptors (Lipinski definition) is 5. The number of benzene rings is 2. The Labute approximate surface area is 181 Å². The zero-order valence-corrected chi connectivity index (χ0v) is 17.4. The fourth-order valence-corrected chi connectivity index (χ4v) is 3.15. The van der Waals surface area contributed by atoms with Crippen molar-refractivity contribution < 1.29 is 19.0 Å². The first-order valence-electron chi connectivity index (χ1n) is 10.4. The van der Waals surface area contributed by atoms with Gasteiger partial charge in [-0.25, -0.2) is 4.79 Å². The first kappa shape index (κ1) is 20.6. The molecular weight excluding hydrogens is 396 g/mol. The van der Waals surface area contributed by atoms with Gasteiger partial charge in [-0.3, -0.25) is 4.68 Å². The second kappa shape index (κ2) is 9.88. The molecule has 8 nitrogen and oxygen atoms in total. The van der Waals surface area contributed by atoms with Crippen molar-refractivity contribution in [3.63, 3.8) is 0 Å². The van der Waals surface area contributed by atoms with E-state index in [0.29, 0.717) is 31.1 Å². The first-order chi connectivity index (χ1) is 15.2. The summed E-state index contributed by atoms with van der Waals surface area (Å²) < 4.78 is 19.0. The number of nitrogens with one attached hydrogen (secondary N) is 2. The van der Waals surface area contributed by atoms with Crippen molar-refractivity contribution in [1.29, 1.82) is 0 Å². The average molecular weight is 422 g/mol. The third-order valence-electron chi connectivity index (χ3n) is 4.73. The van der Waals surface area contributed by atoms with Crippen LogP contribution in [0.1, 0.15) is 19.8 Å². The summed E-state index contributed by atoms with van der Waals surface area (Å²) in [5.74, 6) is 2.27. The fraction of sp³-hybridized carbons (Fsp3) is 0.304. The monoisotopic (exact) mass is 422 g/mol. The molecule has 8 heteroatoms. The van der Waals surface area contributed by atoms with E-state index in [1.807, 2.05) is 48.5 Å². The van der Waals surface area contributed by atoms with Crippen molar-refractivity contribution in [2.45, 2.75) is 32.4 Å². The lowest BCUT2D eigenvalue weighted by molar-refractivity contribution is 0.0759. The number of hydrogen-bond donors (Lipinski definition) is 2. The maximum Gasteiger partial charge on any atom is 0.323 e. The molecule has 4 rings (SSSR count). The highest BCUT2D eigenvalue weighted by Gasteiger charge is 2.21. The molecule has 1 aliphatic heterocycles. The van der Waals surface area contributed by atoms with Gasteiger partial charge in [0.25, 0.3) is 0 Å². The molecule has 2 N–H and O–H groups in total. The van der Waals surface area contributed by atoms with Gasteiger partial charge in [-0.05, 0) is 42.8 Å². The summed E-state index contributed by atoms with van der Waals surface area (Å²) in [6.45, 7) is 3.77. The largest absolute Gasteiger partial charge is 0.494 e. The van der Waals surface area contributed by atoms with Gasteiger partial charge in [0.1, 0.15) is 12.4 Å². The smallest absolute Gasteiger partial charge is 0.323 e. The van der Waals surface area contributed by atoms with Crippen LogP contribution in [0.5, 0.6) is 17.2 Å². The Morgan fingerprint density at radius 3 is 2.71 bits per heavy atom. The Balaban J connectivity index is 1.25. The molecule has 1 unspecified atom stereocenters. The molecule has 3 aromatic rings. The number of ether oxygens (including phenoxy) is 3. The Morgan fingerprint density at radius 1 is 1.13 bits per heavy atom. The molecule has 0 aliphatic carbocycles. The van der Waals surface area contributed by atoms with Crippen LogP contribution in [-0.4, -0.2) is 35.1 Å². The zero-order valence-electron chi connectivity index (χ0n) is 17.4. The molecule has 1 aromatic heterocycles. The van der Waals surface area contributed by atoms with E-state index >= 15 is 0 Å². The standard InChI is InChI=1S/C23H26N4O4/c1-2-3-12-29-19-10-8-17(9-11-19)25-23(28)26-18-13-24-27(14-18)15-20-16-30-21-6-4-5-7-22(21)31-20/h4-11,13-14,20H,2-3,12,15-16H2,1H3,(H2,25,26,28). The maximum absolute atomic E-state index is 12.3. The highest BCUT2D eigenvalue weighted by atomic mass is 16.6. The second-order valence-electron chi connectivity index (χ2n) is 7.25. The van der Waals surface area contributed by atoms with Crippen LogP contribution >= 0.6 is 0 Å². The Bertz CT molecular complexity index is 1000. The van der Waals surface area contributed by atoms with Crippen LogP contribution in [-0.2, 0) is 6.54 Å². The second-order valence-corrected chi connectivity index (χ2v) is 7.25. The number of nitrogens with zero attached hydrogens (tertiary/aromatic N) is 2. The summed E-state index contributed by atoms with van der Waals surface area (Å²) in [5.41, 5.74) is 1.27. The summed E-state index contributed by atoms with van der Waals surface area (Å²) in [6.07, 6.45) is 5.31. The van der Waals surface area contributed by atoms with Gasteiger partial charge in [0.2, 0.25) is 0 Å². The van der Waals surface area contributed by atoms with Gasteiger partial charge in [0, 0.05) is 11.9 Å². The molecule has 0 fully saturated rings. The minimum absolute atomic E-state index is 0.158. The predicted octanol–water partition coefficient (Wildman–Crippen LogP) is 4.55. The number of carbonyl (C=O) groups is 1. The van der Waals surface area contributed by atoms with E-state index in [0.717, 1.165) is 30.1 Å². The van der Waals surface area contributed by atoms with Crippen LogP contribution in [0.25, 0.3) is 0 Å². The number of urea groups is 1. The van der Waals surface area contributed by atoms with Crippen molar-refractivity contribution in [2.24, 2.45) is 0 Å². The first-order valence-corrected chi connectivity index (χ1v) is 10.4. The number of amides is 2. The minimum Gasteiger partial charge on any atom is -0.494 e. The Hall–Kier alpha value is -3.68. The van der Waals surface area contributed by atoms with Crippen LogP contribution in [0, 0.1) is 0 Å². The predicted molar refractivity (Wildman–Crippen MR) is 118 cm³/mol. The molecule has 1 aliphatic rings. The zero-order chi connectivity index (χ0) is 21.5. The number of para-hydroxylation sites is 2. The van der Waals surface area contributed by atoms with E-state index in [1.165, 1.54) is 0 Å². The lowest BCUT2D eigenvalue weighted by Gasteiger charge is -2.26. The molecule has 1 atom stereocenters. The highest BCUT2D eigenvalue weighted by Crippen LogP contribution is 2.31. The van der Waals surface area contributed by atoms with Gasteiger partial charge < -0.3 is 24.8 Å². The molecule has 31 heavy (non-hydrogen) atoms. The molecule has 0 saturated carbocycles. The summed E-state index contributed by atoms with van der Waals surface area (Å²) in [5, 5.41) is 9.88. The lowest BCUT2D eigenvalue weighted by atomic mass is 10.2. The van der Waals surface area contributed by atoms with Crippen LogP contribution < -0.4 is 24.8 Å². The molecule has 0 radical (unpaired) electrons. The van der Waals surface area contributed by atoms with Crippen LogP contribution in [0.3, 0.4) is 0 Å². The van der Waals surface area contributed by atoms with E-state index in [1.54, 1.807) is 17.1 Å². The van der Waals surface area contributed by atoms with Crippen molar-refractivity contribution >= 4 is 17.4 Å². The summed E-state index contributed by atoms with van der Waals surface area (Å²) >= 11 is 0. The molecule has 0 bridgehead atoms. The van der Waals surface area contributed by atoms with Crippen LogP contribution in [0.15, 0.2) is 60.9 Å². The molecule has 162 valence electrons. The quantitative estimate of drug-likeness (QED) is 0.520. The van der Waals surface area contributed by atoms with Crippen molar-refractivity contribution in [2.75, 3.05) is 23.8 Å². The molecule has 2 aromatic carbocycles. The van der Waals surface area contributed by atoms with Crippen molar-refractivity contribution in [3.8, 4) is 17.2 Å². The number of unbranched alkanes of at least 4 members (excludes halogenated alkanes) is 1. The SMILES string of the molecule is CCCCOc1ccc(NC(=O)Nc2cnn(CC3COc4ccccc4O3)c2)cc1. The summed E-state index contributed by atoms with van der Waals surface area (Å²) in [4.78, 5) is 12.3. The van der Waals surface area contributed by atoms with Crippen LogP contribution in [0.2, 0.25) is 0 Å². The highest BCUT2D eigenvalue weighted by molar-refractivity contribution is 5.99. The van der Waals surface area contributed by atoms with Gasteiger partial charge in [0.05, 0.1) is 25.0 Å². The Morgan fingerprint density at radius 2 is 1.90 bits per heavy atom. The molecule has 0 spiro atoms. The van der Waals surface area contributed by atoms with Crippen molar-refractivity contribution in [1.82, 2.24) is 9.78 Å². The normalized spacial score (nSPS) is 14.7. The average Bonchev–Trinajstić information content (AvgIpc) is 3.21. The fourth-order valence-electron chi connectivity index (χ4n) is 3.15. The van der Waals surface area contributed by atoms with Crippen LogP contribution in [0.4, 0.5) is 16.2 Å². The summed E-state index contributed by atoms with van der Waals surface area (Å²) in [7, 11) is 0. The van der Waals surface area contributed by atoms with E-state index in [9.17, 15) is 4.79 Å². The summed E-state index contributed by atoms with van der Waals surface area (Å²) in [6, 6.07) is 14.5. The molecule has 2 heterocycles. The number of carbonyl (C=O) groups excluding carboxylic acids is 1. The van der Waals surface area contributed by atoms with Gasteiger partial charge in [0.15, 0.2) is 17.6 Å². The van der Waals surface area contributed by atoms with Gasteiger partial charge in [-0.15, -0.1) is 0 Å². The van der Waals surface area contributed by atoms with Gasteiger partial charge >= 0.3 is 6.03 Å². The minimum atomic E-state index is -0.342. The number of aromatic nitrogens is 2. The van der Waals surface area contributed by atoms with Crippen molar-refractivity contribution in [3.05, 3.63) is 60.9 Å². The third-order valence-corrected chi connectivity index (χ3v) is 4.73. The third kappa shape index (κ3) is 5.69. The Kier molecular flexibility index (Phi) is 6.56. The molecule has 2 amide bonds. The van der Waals surface area contributed by atoms with E-state index in [4.69, 9.17) is 14.2 Å². The number of rotatable bonds is 8. The lowest BCUT2D eigenvalue weighted by Crippen LogP contribution is -2.33. The number of anilines is 2. The maximum atomic E-state index is 12.3. The van der Waals surface area contributed by atoms with E-state index < -0.39 is 0 Å². The number of fused-ring (bicyclic) bond motifs is 1. The van der Waals surface area contributed by atoms with Gasteiger partial charge in [-0.2, -0.15) is 5.10 Å². The topological polar surface area (TPSA) is 86.6 Å². The molecule has 0 saturated heterocycles. The molecular formula is C23H26N4O4. The van der Waals surface area contributed by atoms with E-state index in [2.05, 4.69) is 22.7 Å². The van der Waals surface area contributed by atoms with E-state index in [-0.39, 0.29) is 12.1 Å².